The summed E-state index contributed by atoms with van der Waals surface area (Å²) in [6.45, 7) is 6.83. The number of ether oxygens (including phenoxy) is 1. The Bertz CT molecular complexity index is 1020. The summed E-state index contributed by atoms with van der Waals surface area (Å²) in [5.41, 5.74) is 2.09. The van der Waals surface area contributed by atoms with Crippen LogP contribution >= 0.6 is 0 Å². The minimum atomic E-state index is -0.984. The van der Waals surface area contributed by atoms with E-state index < -0.39 is 17.8 Å². The Labute approximate surface area is 275 Å². The van der Waals surface area contributed by atoms with Crippen LogP contribution in [-0.4, -0.2) is 29.0 Å². The van der Waals surface area contributed by atoms with Crippen LogP contribution in [0, 0.1) is 11.8 Å². The Balaban J connectivity index is 1.75. The van der Waals surface area contributed by atoms with E-state index >= 15 is 0 Å². The Hall–Kier alpha value is -2.46. The molecule has 0 bridgehead atoms. The van der Waals surface area contributed by atoms with E-state index in [2.05, 4.69) is 57.2 Å². The zero-order chi connectivity index (χ0) is 32.2. The molecular formula is C42H62O3. The molecule has 0 heterocycles. The smallest absolute Gasteiger partial charge is 0.143 e. The van der Waals surface area contributed by atoms with Crippen LogP contribution in [0.5, 0.6) is 0 Å². The molecular weight excluding hydrogens is 552 g/mol. The van der Waals surface area contributed by atoms with Crippen LogP contribution in [0.4, 0.5) is 0 Å². The molecule has 0 aromatic heterocycles. The van der Waals surface area contributed by atoms with Crippen molar-refractivity contribution in [2.45, 2.75) is 135 Å². The molecule has 3 aromatic rings. The fraction of sp³-hybridized carbons (Fsp3) is 0.571. The number of hydrogen-bond donors (Lipinski definition) is 2. The molecule has 0 saturated carbocycles. The largest absolute Gasteiger partial charge is 0.390 e. The lowest BCUT2D eigenvalue weighted by molar-refractivity contribution is -0.101. The van der Waals surface area contributed by atoms with Gasteiger partial charge >= 0.3 is 0 Å². The molecule has 0 fully saturated rings. The minimum Gasteiger partial charge on any atom is -0.390 e. The highest BCUT2D eigenvalue weighted by Crippen LogP contribution is 2.41. The van der Waals surface area contributed by atoms with Gasteiger partial charge in [-0.2, -0.15) is 0 Å². The summed E-state index contributed by atoms with van der Waals surface area (Å²) >= 11 is 0. The van der Waals surface area contributed by atoms with Gasteiger partial charge in [-0.3, -0.25) is 0 Å². The van der Waals surface area contributed by atoms with E-state index in [4.69, 9.17) is 4.74 Å². The zero-order valence-corrected chi connectivity index (χ0v) is 28.6. The maximum Gasteiger partial charge on any atom is 0.143 e. The van der Waals surface area contributed by atoms with E-state index in [9.17, 15) is 10.2 Å². The van der Waals surface area contributed by atoms with Crippen LogP contribution < -0.4 is 0 Å². The van der Waals surface area contributed by atoms with Gasteiger partial charge in [0, 0.05) is 0 Å². The first-order chi connectivity index (χ1) is 22.0. The molecule has 3 aromatic carbocycles. The van der Waals surface area contributed by atoms with Gasteiger partial charge in [0.25, 0.3) is 0 Å². The number of aliphatic hydroxyl groups excluding tert-OH is 2. The standard InChI is InChI=1S/C42H62O3/c1-4-6-8-10-11-12-13-14-25-33-39(35(3)26-18-9-7-5-2)41(44)40(43)34-45-42(36-27-19-15-20-28-36,37-29-21-16-22-30-37)38-31-23-17-24-32-38/h15-17,19-24,27-32,35,39-41,43-44H,4-14,18,25-26,33-34H2,1-3H3. The molecule has 0 aliphatic rings. The lowest BCUT2D eigenvalue weighted by Crippen LogP contribution is -2.43. The van der Waals surface area contributed by atoms with Crippen LogP contribution in [0.1, 0.15) is 134 Å². The van der Waals surface area contributed by atoms with Gasteiger partial charge < -0.3 is 14.9 Å². The molecule has 0 spiro atoms. The Morgan fingerprint density at radius 1 is 0.533 bits per heavy atom. The zero-order valence-electron chi connectivity index (χ0n) is 28.6. The quantitative estimate of drug-likeness (QED) is 0.0779. The van der Waals surface area contributed by atoms with E-state index in [-0.39, 0.29) is 12.5 Å². The monoisotopic (exact) mass is 614 g/mol. The van der Waals surface area contributed by atoms with E-state index in [1.54, 1.807) is 0 Å². The van der Waals surface area contributed by atoms with Gasteiger partial charge in [-0.15, -0.1) is 0 Å². The van der Waals surface area contributed by atoms with Gasteiger partial charge in [-0.05, 0) is 34.9 Å². The highest BCUT2D eigenvalue weighted by Gasteiger charge is 2.39. The second-order valence-corrected chi connectivity index (χ2v) is 13.3. The molecule has 45 heavy (non-hydrogen) atoms. The Kier molecular flexibility index (Phi) is 17.6. The third-order valence-corrected chi connectivity index (χ3v) is 9.73. The molecule has 0 aliphatic heterocycles. The maximum absolute atomic E-state index is 11.8. The lowest BCUT2D eigenvalue weighted by Gasteiger charge is -2.38. The van der Waals surface area contributed by atoms with E-state index in [0.29, 0.717) is 5.92 Å². The summed E-state index contributed by atoms with van der Waals surface area (Å²) in [4.78, 5) is 0. The van der Waals surface area contributed by atoms with Crippen LogP contribution in [0.3, 0.4) is 0 Å². The number of benzene rings is 3. The maximum atomic E-state index is 11.8. The van der Waals surface area contributed by atoms with Crippen molar-refractivity contribution in [1.82, 2.24) is 0 Å². The van der Waals surface area contributed by atoms with Crippen molar-refractivity contribution in [1.29, 1.82) is 0 Å². The highest BCUT2D eigenvalue weighted by molar-refractivity contribution is 5.47. The first-order valence-corrected chi connectivity index (χ1v) is 18.2. The van der Waals surface area contributed by atoms with Crippen molar-refractivity contribution in [3.8, 4) is 0 Å². The van der Waals surface area contributed by atoms with Crippen LogP contribution in [0.15, 0.2) is 91.0 Å². The topological polar surface area (TPSA) is 49.7 Å². The fourth-order valence-corrected chi connectivity index (χ4v) is 6.95. The molecule has 0 radical (unpaired) electrons. The number of unbranched alkanes of at least 4 members (excludes halogenated alkanes) is 11. The second-order valence-electron chi connectivity index (χ2n) is 13.3. The van der Waals surface area contributed by atoms with E-state index in [0.717, 1.165) is 36.0 Å². The second kappa shape index (κ2) is 21.4. The normalized spacial score (nSPS) is 14.6. The molecule has 248 valence electrons. The molecule has 4 atom stereocenters. The van der Waals surface area contributed by atoms with E-state index in [1.165, 1.54) is 77.0 Å². The lowest BCUT2D eigenvalue weighted by atomic mass is 9.79. The Morgan fingerprint density at radius 2 is 0.911 bits per heavy atom. The van der Waals surface area contributed by atoms with Crippen molar-refractivity contribution < 1.29 is 14.9 Å². The summed E-state index contributed by atoms with van der Waals surface area (Å²) in [5, 5.41) is 23.4. The van der Waals surface area contributed by atoms with Crippen LogP contribution in [0.2, 0.25) is 0 Å². The van der Waals surface area contributed by atoms with Gasteiger partial charge in [0.1, 0.15) is 11.7 Å². The van der Waals surface area contributed by atoms with Crippen molar-refractivity contribution in [2.75, 3.05) is 6.61 Å². The number of hydrogen-bond acceptors (Lipinski definition) is 3. The average molecular weight is 615 g/mol. The summed E-state index contributed by atoms with van der Waals surface area (Å²) in [6, 6.07) is 30.8. The van der Waals surface area contributed by atoms with Crippen LogP contribution in [0.25, 0.3) is 0 Å². The first-order valence-electron chi connectivity index (χ1n) is 18.2. The molecule has 2 N–H and O–H groups in total. The fourth-order valence-electron chi connectivity index (χ4n) is 6.95. The molecule has 4 unspecified atom stereocenters. The Morgan fingerprint density at radius 3 is 1.36 bits per heavy atom. The van der Waals surface area contributed by atoms with Gasteiger partial charge in [0.15, 0.2) is 0 Å². The molecule has 3 rings (SSSR count). The van der Waals surface area contributed by atoms with Gasteiger partial charge in [0.05, 0.1) is 12.7 Å². The van der Waals surface area contributed by atoms with Gasteiger partial charge in [-0.25, -0.2) is 0 Å². The summed E-state index contributed by atoms with van der Waals surface area (Å²) in [5.74, 6) is 0.400. The van der Waals surface area contributed by atoms with E-state index in [1.807, 2.05) is 54.6 Å². The minimum absolute atomic E-state index is 0.0384. The average Bonchev–Trinajstić information content (AvgIpc) is 3.09. The van der Waals surface area contributed by atoms with Crippen molar-refractivity contribution >= 4 is 0 Å². The predicted molar refractivity (Wildman–Crippen MR) is 190 cm³/mol. The van der Waals surface area contributed by atoms with Gasteiger partial charge in [-0.1, -0.05) is 202 Å². The summed E-state index contributed by atoms with van der Waals surface area (Å²) < 4.78 is 6.90. The number of rotatable bonds is 24. The third-order valence-electron chi connectivity index (χ3n) is 9.73. The van der Waals surface area contributed by atoms with Crippen molar-refractivity contribution in [2.24, 2.45) is 11.8 Å². The van der Waals surface area contributed by atoms with Crippen molar-refractivity contribution in [3.63, 3.8) is 0 Å². The predicted octanol–water partition coefficient (Wildman–Crippen LogP) is 10.9. The summed E-state index contributed by atoms with van der Waals surface area (Å²) in [7, 11) is 0. The molecule has 3 heteroatoms. The number of aliphatic hydroxyl groups is 2. The van der Waals surface area contributed by atoms with Crippen molar-refractivity contribution in [3.05, 3.63) is 108 Å². The molecule has 0 amide bonds. The highest BCUT2D eigenvalue weighted by atomic mass is 16.5. The molecule has 0 aliphatic carbocycles. The SMILES string of the molecule is CCCCCCCCCCCC(C(C)CCCCCC)C(O)C(O)COC(c1ccccc1)(c1ccccc1)c1ccccc1. The third kappa shape index (κ3) is 11.7. The summed E-state index contributed by atoms with van der Waals surface area (Å²) in [6.07, 6.45) is 16.7. The van der Waals surface area contributed by atoms with Crippen LogP contribution in [-0.2, 0) is 10.3 Å². The molecule has 0 saturated heterocycles. The molecule has 3 nitrogen and oxygen atoms in total. The van der Waals surface area contributed by atoms with Gasteiger partial charge in [0.2, 0.25) is 0 Å². The first kappa shape index (κ1) is 37.0.